The Labute approximate surface area is 174 Å². The maximum atomic E-state index is 12.7. The second-order valence-corrected chi connectivity index (χ2v) is 8.52. The lowest BCUT2D eigenvalue weighted by Gasteiger charge is -2.13. The topological polar surface area (TPSA) is 104 Å². The number of nitrogens with one attached hydrogen (secondary N) is 3. The number of hydrogen-bond donors (Lipinski definition) is 3. The number of nitrogens with zero attached hydrogens (tertiary/aromatic N) is 1. The normalized spacial score (nSPS) is 12.4. The van der Waals surface area contributed by atoms with Crippen molar-refractivity contribution in [1.82, 2.24) is 15.3 Å². The molecular formula is C22H20N4O3S. The van der Waals surface area contributed by atoms with Crippen molar-refractivity contribution in [3.63, 3.8) is 0 Å². The van der Waals surface area contributed by atoms with Crippen LogP contribution < -0.4 is 10.0 Å². The number of hydrogen-bond acceptors (Lipinski definition) is 4. The van der Waals surface area contributed by atoms with Gasteiger partial charge in [-0.25, -0.2) is 13.4 Å². The average molecular weight is 420 g/mol. The molecule has 4 rings (SSSR count). The van der Waals surface area contributed by atoms with E-state index in [9.17, 15) is 13.2 Å². The lowest BCUT2D eigenvalue weighted by Crippen LogP contribution is -2.27. The molecule has 0 spiro atoms. The van der Waals surface area contributed by atoms with Crippen molar-refractivity contribution in [2.75, 3.05) is 4.72 Å². The van der Waals surface area contributed by atoms with Gasteiger partial charge in [0.1, 0.15) is 5.82 Å². The third kappa shape index (κ3) is 4.18. The van der Waals surface area contributed by atoms with Gasteiger partial charge in [0.25, 0.3) is 15.9 Å². The summed E-state index contributed by atoms with van der Waals surface area (Å²) in [5.41, 5.74) is 2.37. The molecular weight excluding hydrogens is 400 g/mol. The Morgan fingerprint density at radius 3 is 2.47 bits per heavy atom. The summed E-state index contributed by atoms with van der Waals surface area (Å²) in [4.78, 5) is 20.5. The molecule has 3 aromatic carbocycles. The van der Waals surface area contributed by atoms with Crippen LogP contribution in [0.25, 0.3) is 11.0 Å². The van der Waals surface area contributed by atoms with E-state index in [2.05, 4.69) is 20.0 Å². The summed E-state index contributed by atoms with van der Waals surface area (Å²) in [5.74, 6) is 0.314. The lowest BCUT2D eigenvalue weighted by molar-refractivity contribution is 0.0938. The first-order valence-corrected chi connectivity index (χ1v) is 10.8. The Morgan fingerprint density at radius 1 is 0.967 bits per heavy atom. The van der Waals surface area contributed by atoms with Crippen molar-refractivity contribution >= 4 is 32.7 Å². The van der Waals surface area contributed by atoms with E-state index in [1.165, 1.54) is 18.2 Å². The zero-order chi connectivity index (χ0) is 21.1. The molecule has 0 saturated heterocycles. The Bertz CT molecular complexity index is 1270. The first-order valence-electron chi connectivity index (χ1n) is 9.36. The average Bonchev–Trinajstić information content (AvgIpc) is 3.19. The van der Waals surface area contributed by atoms with Gasteiger partial charge in [0, 0.05) is 11.3 Å². The Kier molecular flexibility index (Phi) is 5.24. The van der Waals surface area contributed by atoms with Crippen LogP contribution in [0.1, 0.15) is 29.1 Å². The summed E-state index contributed by atoms with van der Waals surface area (Å²) in [6.07, 6.45) is 0. The zero-order valence-corrected chi connectivity index (χ0v) is 17.0. The number of para-hydroxylation sites is 2. The summed E-state index contributed by atoms with van der Waals surface area (Å²) in [7, 11) is -3.73. The Balaban J connectivity index is 1.49. The van der Waals surface area contributed by atoms with Gasteiger partial charge in [0.2, 0.25) is 0 Å². The molecule has 0 saturated carbocycles. The predicted octanol–water partition coefficient (Wildman–Crippen LogP) is 3.85. The standard InChI is InChI=1S/C22H20N4O3S/c1-15(21-24-19-12-5-6-13-20(19)25-21)23-22(27)16-8-7-9-17(14-16)26-30(28,29)18-10-3-2-4-11-18/h2-15,26H,1H3,(H,23,27)(H,24,25). The van der Waals surface area contributed by atoms with E-state index in [4.69, 9.17) is 0 Å². The molecule has 8 heteroatoms. The van der Waals surface area contributed by atoms with Crippen LogP contribution in [0.5, 0.6) is 0 Å². The maximum Gasteiger partial charge on any atom is 0.261 e. The van der Waals surface area contributed by atoms with Gasteiger partial charge in [-0.3, -0.25) is 9.52 Å². The van der Waals surface area contributed by atoms with E-state index in [1.54, 1.807) is 36.4 Å². The first-order chi connectivity index (χ1) is 14.4. The van der Waals surface area contributed by atoms with E-state index in [1.807, 2.05) is 31.2 Å². The third-order valence-corrected chi connectivity index (χ3v) is 5.99. The minimum absolute atomic E-state index is 0.151. The SMILES string of the molecule is CC(NC(=O)c1cccc(NS(=O)(=O)c2ccccc2)c1)c1nc2ccccc2[nH]1. The largest absolute Gasteiger partial charge is 0.342 e. The number of carbonyl (C=O) groups is 1. The number of imidazole rings is 1. The predicted molar refractivity (Wildman–Crippen MR) is 116 cm³/mol. The lowest BCUT2D eigenvalue weighted by atomic mass is 10.2. The molecule has 0 fully saturated rings. The Morgan fingerprint density at radius 2 is 1.70 bits per heavy atom. The number of rotatable bonds is 6. The molecule has 7 nitrogen and oxygen atoms in total. The van der Waals surface area contributed by atoms with Crippen LogP contribution >= 0.6 is 0 Å². The van der Waals surface area contributed by atoms with Crippen LogP contribution in [0.4, 0.5) is 5.69 Å². The molecule has 0 aliphatic rings. The van der Waals surface area contributed by atoms with E-state index >= 15 is 0 Å². The number of amides is 1. The van der Waals surface area contributed by atoms with Crippen molar-refractivity contribution in [3.8, 4) is 0 Å². The third-order valence-electron chi connectivity index (χ3n) is 4.60. The molecule has 1 atom stereocenters. The number of benzene rings is 3. The molecule has 152 valence electrons. The van der Waals surface area contributed by atoms with Gasteiger partial charge in [-0.2, -0.15) is 0 Å². The fourth-order valence-corrected chi connectivity index (χ4v) is 4.13. The molecule has 1 aromatic heterocycles. The molecule has 0 bridgehead atoms. The highest BCUT2D eigenvalue weighted by Crippen LogP contribution is 2.19. The van der Waals surface area contributed by atoms with Gasteiger partial charge < -0.3 is 10.3 Å². The monoisotopic (exact) mass is 420 g/mol. The molecule has 0 radical (unpaired) electrons. The highest BCUT2D eigenvalue weighted by atomic mass is 32.2. The number of sulfonamides is 1. The van der Waals surface area contributed by atoms with Crippen LogP contribution in [0.2, 0.25) is 0 Å². The Hall–Kier alpha value is -3.65. The summed E-state index contributed by atoms with van der Waals surface area (Å²) in [6, 6.07) is 21.7. The summed E-state index contributed by atoms with van der Waals surface area (Å²) in [5, 5.41) is 2.89. The number of aromatic amines is 1. The molecule has 1 amide bonds. The second-order valence-electron chi connectivity index (χ2n) is 6.83. The molecule has 30 heavy (non-hydrogen) atoms. The molecule has 4 aromatic rings. The second kappa shape index (κ2) is 8.00. The molecule has 0 aliphatic carbocycles. The van der Waals surface area contributed by atoms with Gasteiger partial charge >= 0.3 is 0 Å². The zero-order valence-electron chi connectivity index (χ0n) is 16.2. The van der Waals surface area contributed by atoms with Gasteiger partial charge in [0.05, 0.1) is 22.0 Å². The van der Waals surface area contributed by atoms with Crippen molar-refractivity contribution in [2.24, 2.45) is 0 Å². The number of anilines is 1. The molecule has 1 unspecified atom stereocenters. The quantitative estimate of drug-likeness (QED) is 0.441. The fraction of sp³-hybridized carbons (Fsp3) is 0.0909. The van der Waals surface area contributed by atoms with Crippen molar-refractivity contribution in [2.45, 2.75) is 17.9 Å². The number of fused-ring (bicyclic) bond motifs is 1. The van der Waals surface area contributed by atoms with E-state index in [0.717, 1.165) is 11.0 Å². The van der Waals surface area contributed by atoms with E-state index in [-0.39, 0.29) is 16.8 Å². The highest BCUT2D eigenvalue weighted by Gasteiger charge is 2.17. The van der Waals surface area contributed by atoms with Crippen LogP contribution in [0, 0.1) is 0 Å². The summed E-state index contributed by atoms with van der Waals surface area (Å²) in [6.45, 7) is 1.83. The van der Waals surface area contributed by atoms with Gasteiger partial charge in [-0.15, -0.1) is 0 Å². The van der Waals surface area contributed by atoms with Crippen molar-refractivity contribution in [1.29, 1.82) is 0 Å². The number of aromatic nitrogens is 2. The van der Waals surface area contributed by atoms with Crippen LogP contribution in [0.15, 0.2) is 83.8 Å². The van der Waals surface area contributed by atoms with Gasteiger partial charge in [0.15, 0.2) is 0 Å². The van der Waals surface area contributed by atoms with Gasteiger partial charge in [-0.05, 0) is 49.4 Å². The smallest absolute Gasteiger partial charge is 0.261 e. The van der Waals surface area contributed by atoms with Crippen LogP contribution in [-0.2, 0) is 10.0 Å². The van der Waals surface area contributed by atoms with Crippen LogP contribution in [0.3, 0.4) is 0 Å². The first kappa shape index (κ1) is 19.7. The molecule has 3 N–H and O–H groups in total. The number of carbonyl (C=O) groups excluding carboxylic acids is 1. The van der Waals surface area contributed by atoms with Crippen LogP contribution in [-0.4, -0.2) is 24.3 Å². The summed E-state index contributed by atoms with van der Waals surface area (Å²) >= 11 is 0. The maximum absolute atomic E-state index is 12.7. The minimum atomic E-state index is -3.73. The summed E-state index contributed by atoms with van der Waals surface area (Å²) < 4.78 is 27.5. The highest BCUT2D eigenvalue weighted by molar-refractivity contribution is 7.92. The van der Waals surface area contributed by atoms with E-state index < -0.39 is 10.0 Å². The fourth-order valence-electron chi connectivity index (χ4n) is 3.06. The van der Waals surface area contributed by atoms with Gasteiger partial charge in [-0.1, -0.05) is 36.4 Å². The molecule has 1 heterocycles. The number of H-pyrrole nitrogens is 1. The van der Waals surface area contributed by atoms with Crippen molar-refractivity contribution in [3.05, 3.63) is 90.3 Å². The van der Waals surface area contributed by atoms with E-state index in [0.29, 0.717) is 17.1 Å². The molecule has 0 aliphatic heterocycles. The minimum Gasteiger partial charge on any atom is -0.342 e. The van der Waals surface area contributed by atoms with Crippen molar-refractivity contribution < 1.29 is 13.2 Å².